The second-order valence-corrected chi connectivity index (χ2v) is 9.17. The van der Waals surface area contributed by atoms with Gasteiger partial charge in [0.05, 0.1) is 11.1 Å². The average Bonchev–Trinajstić information content (AvgIpc) is 2.98. The van der Waals surface area contributed by atoms with Gasteiger partial charge in [-0.25, -0.2) is 22.7 Å². The maximum atomic E-state index is 12.0. The van der Waals surface area contributed by atoms with Crippen LogP contribution in [0.4, 0.5) is 5.82 Å². The summed E-state index contributed by atoms with van der Waals surface area (Å²) in [7, 11) is -0.985. The van der Waals surface area contributed by atoms with Crippen LogP contribution in [-0.4, -0.2) is 59.6 Å². The quantitative estimate of drug-likeness (QED) is 0.880. The van der Waals surface area contributed by atoms with E-state index in [9.17, 15) is 8.42 Å². The van der Waals surface area contributed by atoms with Crippen molar-refractivity contribution in [1.29, 1.82) is 0 Å². The number of piperidine rings is 1. The summed E-state index contributed by atoms with van der Waals surface area (Å²) in [5.74, 6) is 2.61. The standard InChI is InChI=1S/C16H23N5O2S/c1-4-24(22,23)21-7-12-13(8-21)14(12)10(2)20(3)16-11-5-6-17-15(11)18-9-19-16/h5-6,9-10,12-14H,4,7-8H2,1-3H3,(H,17,18,19)/t10-,12-,13+,14-/m1/s1. The number of hydrogen-bond acceptors (Lipinski definition) is 5. The van der Waals surface area contributed by atoms with E-state index >= 15 is 0 Å². The van der Waals surface area contributed by atoms with Crippen molar-refractivity contribution in [3.8, 4) is 0 Å². The van der Waals surface area contributed by atoms with Crippen molar-refractivity contribution < 1.29 is 8.42 Å². The number of anilines is 1. The second-order valence-electron chi connectivity index (χ2n) is 6.91. The number of rotatable bonds is 5. The van der Waals surface area contributed by atoms with Crippen LogP contribution in [0.3, 0.4) is 0 Å². The normalized spacial score (nSPS) is 28.0. The molecule has 1 saturated carbocycles. The van der Waals surface area contributed by atoms with E-state index in [1.807, 2.05) is 12.3 Å². The molecule has 2 aliphatic rings. The number of sulfonamides is 1. The molecule has 2 aromatic rings. The lowest BCUT2D eigenvalue weighted by molar-refractivity contribution is 0.390. The van der Waals surface area contributed by atoms with Crippen molar-refractivity contribution in [2.45, 2.75) is 19.9 Å². The van der Waals surface area contributed by atoms with Crippen LogP contribution in [0.2, 0.25) is 0 Å². The minimum Gasteiger partial charge on any atom is -0.356 e. The third-order valence-electron chi connectivity index (χ3n) is 5.82. The van der Waals surface area contributed by atoms with Gasteiger partial charge in [0.2, 0.25) is 10.0 Å². The van der Waals surface area contributed by atoms with Gasteiger partial charge in [-0.1, -0.05) is 0 Å². The summed E-state index contributed by atoms with van der Waals surface area (Å²) in [4.78, 5) is 14.0. The smallest absolute Gasteiger partial charge is 0.213 e. The number of aromatic amines is 1. The summed E-state index contributed by atoms with van der Waals surface area (Å²) < 4.78 is 25.7. The predicted molar refractivity (Wildman–Crippen MR) is 93.3 cm³/mol. The second kappa shape index (κ2) is 5.42. The van der Waals surface area contributed by atoms with Gasteiger partial charge in [0.25, 0.3) is 0 Å². The first-order valence-electron chi connectivity index (χ1n) is 8.42. The zero-order valence-corrected chi connectivity index (χ0v) is 15.0. The van der Waals surface area contributed by atoms with Crippen LogP contribution < -0.4 is 4.90 Å². The summed E-state index contributed by atoms with van der Waals surface area (Å²) in [6, 6.07) is 2.32. The molecule has 24 heavy (non-hydrogen) atoms. The van der Waals surface area contributed by atoms with Crippen molar-refractivity contribution in [3.63, 3.8) is 0 Å². The highest BCUT2D eigenvalue weighted by Crippen LogP contribution is 2.55. The Kier molecular flexibility index (Phi) is 3.58. The Hall–Kier alpha value is -1.67. The Bertz CT molecular complexity index is 852. The lowest BCUT2D eigenvalue weighted by Crippen LogP contribution is -2.38. The third-order valence-corrected chi connectivity index (χ3v) is 7.63. The molecule has 1 saturated heterocycles. The van der Waals surface area contributed by atoms with Crippen molar-refractivity contribution in [1.82, 2.24) is 19.3 Å². The first-order valence-corrected chi connectivity index (χ1v) is 10.0. The van der Waals surface area contributed by atoms with Gasteiger partial charge in [0, 0.05) is 32.4 Å². The SMILES string of the molecule is CCS(=O)(=O)N1C[C@@H]2[C@H](C1)[C@@H]2[C@@H](C)N(C)c1ncnc2[nH]ccc12. The number of nitrogens with zero attached hydrogens (tertiary/aromatic N) is 4. The van der Waals surface area contributed by atoms with E-state index in [0.717, 1.165) is 16.9 Å². The fourth-order valence-electron chi connectivity index (χ4n) is 4.25. The number of H-pyrrole nitrogens is 1. The van der Waals surface area contributed by atoms with Crippen molar-refractivity contribution in [3.05, 3.63) is 18.6 Å². The zero-order chi connectivity index (χ0) is 17.1. The van der Waals surface area contributed by atoms with Crippen LogP contribution in [-0.2, 0) is 10.0 Å². The van der Waals surface area contributed by atoms with E-state index in [4.69, 9.17) is 0 Å². The van der Waals surface area contributed by atoms with Crippen molar-refractivity contribution in [2.75, 3.05) is 30.8 Å². The molecule has 0 aromatic carbocycles. The van der Waals surface area contributed by atoms with Gasteiger partial charge in [0.1, 0.15) is 17.8 Å². The highest BCUT2D eigenvalue weighted by atomic mass is 32.2. The Morgan fingerprint density at radius 1 is 1.38 bits per heavy atom. The molecule has 3 heterocycles. The fourth-order valence-corrected chi connectivity index (χ4v) is 5.41. The summed E-state index contributed by atoms with van der Waals surface area (Å²) in [5, 5.41) is 1.02. The molecule has 2 fully saturated rings. The van der Waals surface area contributed by atoms with Crippen LogP contribution in [0.5, 0.6) is 0 Å². The molecule has 0 spiro atoms. The van der Waals surface area contributed by atoms with E-state index in [2.05, 4.69) is 33.8 Å². The van der Waals surface area contributed by atoms with Crippen LogP contribution in [0.1, 0.15) is 13.8 Å². The Balaban J connectivity index is 1.49. The van der Waals surface area contributed by atoms with Gasteiger partial charge in [-0.2, -0.15) is 0 Å². The average molecular weight is 349 g/mol. The van der Waals surface area contributed by atoms with Crippen molar-refractivity contribution in [2.24, 2.45) is 17.8 Å². The molecule has 4 rings (SSSR count). The molecule has 1 aliphatic carbocycles. The van der Waals surface area contributed by atoms with E-state index in [1.54, 1.807) is 17.6 Å². The summed E-state index contributed by atoms with van der Waals surface area (Å²) in [6.45, 7) is 5.27. The molecular formula is C16H23N5O2S. The van der Waals surface area contributed by atoms with Crippen molar-refractivity contribution >= 4 is 26.9 Å². The predicted octanol–water partition coefficient (Wildman–Crippen LogP) is 1.31. The number of fused-ring (bicyclic) bond motifs is 2. The first-order chi connectivity index (χ1) is 11.4. The lowest BCUT2D eigenvalue weighted by Gasteiger charge is -2.29. The highest BCUT2D eigenvalue weighted by Gasteiger charge is 2.60. The Morgan fingerprint density at radius 2 is 2.08 bits per heavy atom. The molecule has 0 amide bonds. The number of nitrogens with one attached hydrogen (secondary N) is 1. The van der Waals surface area contributed by atoms with Crippen LogP contribution in [0, 0.1) is 17.8 Å². The zero-order valence-electron chi connectivity index (χ0n) is 14.2. The summed E-state index contributed by atoms with van der Waals surface area (Å²) in [5.41, 5.74) is 0.843. The van der Waals surface area contributed by atoms with Gasteiger partial charge in [-0.15, -0.1) is 0 Å². The molecule has 1 aliphatic heterocycles. The van der Waals surface area contributed by atoms with E-state index in [-0.39, 0.29) is 5.75 Å². The van der Waals surface area contributed by atoms with Crippen LogP contribution >= 0.6 is 0 Å². The van der Waals surface area contributed by atoms with Gasteiger partial charge in [0.15, 0.2) is 0 Å². The van der Waals surface area contributed by atoms with Gasteiger partial charge in [-0.3, -0.25) is 0 Å². The molecule has 2 aromatic heterocycles. The topological polar surface area (TPSA) is 82.2 Å². The summed E-state index contributed by atoms with van der Waals surface area (Å²) >= 11 is 0. The molecule has 8 heteroatoms. The molecule has 130 valence electrons. The largest absolute Gasteiger partial charge is 0.356 e. The fraction of sp³-hybridized carbons (Fsp3) is 0.625. The van der Waals surface area contributed by atoms with Crippen LogP contribution in [0.15, 0.2) is 18.6 Å². The maximum Gasteiger partial charge on any atom is 0.213 e. The summed E-state index contributed by atoms with van der Waals surface area (Å²) in [6.07, 6.45) is 3.46. The molecule has 0 bridgehead atoms. The van der Waals surface area contributed by atoms with E-state index < -0.39 is 10.0 Å². The minimum absolute atomic E-state index is 0.193. The number of aromatic nitrogens is 3. The van der Waals surface area contributed by atoms with E-state index in [0.29, 0.717) is 36.9 Å². The minimum atomic E-state index is -3.05. The molecule has 0 radical (unpaired) electrons. The van der Waals surface area contributed by atoms with Gasteiger partial charge in [-0.05, 0) is 37.7 Å². The van der Waals surface area contributed by atoms with E-state index in [1.165, 1.54) is 0 Å². The molecular weight excluding hydrogens is 326 g/mol. The maximum absolute atomic E-state index is 12.0. The molecule has 1 N–H and O–H groups in total. The number of hydrogen-bond donors (Lipinski definition) is 1. The Labute approximate surface area is 142 Å². The monoisotopic (exact) mass is 349 g/mol. The molecule has 4 atom stereocenters. The van der Waals surface area contributed by atoms with Gasteiger partial charge >= 0.3 is 0 Å². The lowest BCUT2D eigenvalue weighted by atomic mass is 10.1. The first kappa shape index (κ1) is 15.8. The molecule has 0 unspecified atom stereocenters. The third kappa shape index (κ3) is 2.31. The highest BCUT2D eigenvalue weighted by molar-refractivity contribution is 7.89. The van der Waals surface area contributed by atoms with Gasteiger partial charge < -0.3 is 9.88 Å². The van der Waals surface area contributed by atoms with Crippen LogP contribution in [0.25, 0.3) is 11.0 Å². The molecule has 7 nitrogen and oxygen atoms in total. The Morgan fingerprint density at radius 3 is 2.75 bits per heavy atom.